The molecular weight excluding hydrogens is 601 g/mol. The van der Waals surface area contributed by atoms with E-state index in [4.69, 9.17) is 14.2 Å². The third-order valence-corrected chi connectivity index (χ3v) is 7.15. The lowest BCUT2D eigenvalue weighted by atomic mass is 10.0. The summed E-state index contributed by atoms with van der Waals surface area (Å²) in [7, 11) is 0. The second-order valence-electron chi connectivity index (χ2n) is 11.0. The van der Waals surface area contributed by atoms with Crippen LogP contribution < -0.4 is 9.47 Å². The van der Waals surface area contributed by atoms with Crippen LogP contribution in [0.2, 0.25) is 0 Å². The van der Waals surface area contributed by atoms with E-state index < -0.39 is 24.1 Å². The number of carbonyl (C=O) groups excluding carboxylic acids is 3. The molecule has 1 atom stereocenters. The maximum atomic E-state index is 12.7. The summed E-state index contributed by atoms with van der Waals surface area (Å²) in [5, 5.41) is 0. The molecule has 0 heterocycles. The minimum atomic E-state index is -4.96. The standard InChI is InChI=1S/C36H41F3O7/c1-3-4-5-8-11-26(2)45-33(40)30-18-22-32(23-19-30)46-34(41)29-14-12-27(13-15-29)28-16-20-31(21-17-28)43-24-9-6-7-10-25-44-35(42)36(37,38)39/h12-23,26H,3-11,24-25H2,1-2H3/t26-/m0/s1. The minimum absolute atomic E-state index is 0.160. The van der Waals surface area contributed by atoms with Crippen molar-refractivity contribution in [2.75, 3.05) is 13.2 Å². The lowest BCUT2D eigenvalue weighted by molar-refractivity contribution is -0.199. The molecule has 3 aromatic rings. The highest BCUT2D eigenvalue weighted by Gasteiger charge is 2.40. The molecular formula is C36H41F3O7. The molecule has 0 aliphatic heterocycles. The number of alkyl halides is 3. The zero-order valence-corrected chi connectivity index (χ0v) is 26.3. The normalized spacial score (nSPS) is 11.8. The van der Waals surface area contributed by atoms with Crippen molar-refractivity contribution < 1.29 is 46.5 Å². The Bertz CT molecular complexity index is 1370. The quantitative estimate of drug-likeness (QED) is 0.0777. The number of esters is 3. The van der Waals surface area contributed by atoms with Gasteiger partial charge in [0.2, 0.25) is 0 Å². The van der Waals surface area contributed by atoms with Crippen molar-refractivity contribution in [3.8, 4) is 22.6 Å². The molecule has 0 saturated carbocycles. The monoisotopic (exact) mass is 642 g/mol. The summed E-state index contributed by atoms with van der Waals surface area (Å²) in [6, 6.07) is 20.8. The van der Waals surface area contributed by atoms with Gasteiger partial charge in [-0.1, -0.05) is 50.5 Å². The smallest absolute Gasteiger partial charge is 0.490 e. The largest absolute Gasteiger partial charge is 0.494 e. The van der Waals surface area contributed by atoms with Gasteiger partial charge < -0.3 is 18.9 Å². The van der Waals surface area contributed by atoms with E-state index in [1.807, 2.05) is 43.3 Å². The summed E-state index contributed by atoms with van der Waals surface area (Å²) in [4.78, 5) is 35.8. The first-order valence-electron chi connectivity index (χ1n) is 15.7. The van der Waals surface area contributed by atoms with Crippen LogP contribution in [-0.4, -0.2) is 43.4 Å². The van der Waals surface area contributed by atoms with Gasteiger partial charge in [-0.3, -0.25) is 0 Å². The molecule has 0 aliphatic rings. The summed E-state index contributed by atoms with van der Waals surface area (Å²) in [6.07, 6.45) is 2.62. The predicted molar refractivity (Wildman–Crippen MR) is 168 cm³/mol. The summed E-state index contributed by atoms with van der Waals surface area (Å²) >= 11 is 0. The van der Waals surface area contributed by atoms with E-state index in [9.17, 15) is 27.6 Å². The van der Waals surface area contributed by atoms with Crippen molar-refractivity contribution in [1.82, 2.24) is 0 Å². The minimum Gasteiger partial charge on any atom is -0.494 e. The number of benzene rings is 3. The first kappa shape index (κ1) is 36.1. The van der Waals surface area contributed by atoms with E-state index in [0.717, 1.165) is 43.2 Å². The Kier molecular flexibility index (Phi) is 14.6. The first-order chi connectivity index (χ1) is 22.1. The van der Waals surface area contributed by atoms with Gasteiger partial charge in [-0.15, -0.1) is 0 Å². The number of hydrogen-bond donors (Lipinski definition) is 0. The molecule has 0 fully saturated rings. The fourth-order valence-corrected chi connectivity index (χ4v) is 4.53. The van der Waals surface area contributed by atoms with Gasteiger partial charge >= 0.3 is 24.1 Å². The molecule has 3 rings (SSSR count). The third kappa shape index (κ3) is 12.6. The second kappa shape index (κ2) is 18.6. The molecule has 0 amide bonds. The molecule has 0 spiro atoms. The van der Waals surface area contributed by atoms with Gasteiger partial charge in [-0.2, -0.15) is 13.2 Å². The lowest BCUT2D eigenvalue weighted by Crippen LogP contribution is -2.25. The van der Waals surface area contributed by atoms with Gasteiger partial charge in [0.15, 0.2) is 0 Å². The molecule has 0 N–H and O–H groups in total. The Labute approximate surface area is 268 Å². The molecule has 7 nitrogen and oxygen atoms in total. The van der Waals surface area contributed by atoms with E-state index >= 15 is 0 Å². The Morgan fingerprint density at radius 1 is 0.652 bits per heavy atom. The topological polar surface area (TPSA) is 88.1 Å². The average Bonchev–Trinajstić information content (AvgIpc) is 3.04. The van der Waals surface area contributed by atoms with Crippen LogP contribution in [0, 0.1) is 0 Å². The van der Waals surface area contributed by atoms with Crippen molar-refractivity contribution in [2.24, 2.45) is 0 Å². The number of unbranched alkanes of at least 4 members (excludes halogenated alkanes) is 6. The third-order valence-electron chi connectivity index (χ3n) is 7.15. The van der Waals surface area contributed by atoms with Crippen LogP contribution in [-0.2, 0) is 14.3 Å². The number of hydrogen-bond acceptors (Lipinski definition) is 7. The van der Waals surface area contributed by atoms with Crippen LogP contribution in [0.5, 0.6) is 11.5 Å². The molecule has 0 aromatic heterocycles. The summed E-state index contributed by atoms with van der Waals surface area (Å²) in [5.74, 6) is -2.08. The van der Waals surface area contributed by atoms with Gasteiger partial charge in [-0.05, 0) is 105 Å². The SMILES string of the molecule is CCCCCC[C@H](C)OC(=O)c1ccc(OC(=O)c2ccc(-c3ccc(OCCCCCCOC(=O)C(F)(F)F)cc3)cc2)cc1. The fraction of sp³-hybridized carbons (Fsp3) is 0.417. The van der Waals surface area contributed by atoms with Gasteiger partial charge in [-0.25, -0.2) is 14.4 Å². The van der Waals surface area contributed by atoms with Crippen molar-refractivity contribution >= 4 is 17.9 Å². The van der Waals surface area contributed by atoms with Crippen molar-refractivity contribution in [3.63, 3.8) is 0 Å². The van der Waals surface area contributed by atoms with E-state index in [0.29, 0.717) is 48.5 Å². The van der Waals surface area contributed by atoms with Gasteiger partial charge in [0.05, 0.1) is 30.4 Å². The highest BCUT2D eigenvalue weighted by atomic mass is 19.4. The molecule has 0 bridgehead atoms. The number of halogens is 3. The van der Waals surface area contributed by atoms with Crippen LogP contribution >= 0.6 is 0 Å². The zero-order valence-electron chi connectivity index (χ0n) is 26.3. The van der Waals surface area contributed by atoms with Crippen molar-refractivity contribution in [3.05, 3.63) is 83.9 Å². The molecule has 0 saturated heterocycles. The molecule has 46 heavy (non-hydrogen) atoms. The van der Waals surface area contributed by atoms with Crippen LogP contribution in [0.4, 0.5) is 13.2 Å². The van der Waals surface area contributed by atoms with Gasteiger partial charge in [0, 0.05) is 0 Å². The highest BCUT2D eigenvalue weighted by Crippen LogP contribution is 2.24. The second-order valence-corrected chi connectivity index (χ2v) is 11.0. The van der Waals surface area contributed by atoms with Crippen LogP contribution in [0.3, 0.4) is 0 Å². The summed E-state index contributed by atoms with van der Waals surface area (Å²) < 4.78 is 57.2. The Balaban J connectivity index is 1.38. The molecule has 248 valence electrons. The van der Waals surface area contributed by atoms with E-state index in [-0.39, 0.29) is 12.7 Å². The predicted octanol–water partition coefficient (Wildman–Crippen LogP) is 9.13. The molecule has 0 unspecified atom stereocenters. The zero-order chi connectivity index (χ0) is 33.4. The van der Waals surface area contributed by atoms with E-state index in [1.54, 1.807) is 36.4 Å². The summed E-state index contributed by atoms with van der Waals surface area (Å²) in [5.41, 5.74) is 2.60. The Hall–Kier alpha value is -4.34. The highest BCUT2D eigenvalue weighted by molar-refractivity contribution is 5.92. The van der Waals surface area contributed by atoms with Crippen molar-refractivity contribution in [2.45, 2.75) is 83.9 Å². The van der Waals surface area contributed by atoms with Crippen LogP contribution in [0.15, 0.2) is 72.8 Å². The first-order valence-corrected chi connectivity index (χ1v) is 15.7. The molecule has 0 radical (unpaired) electrons. The molecule has 10 heteroatoms. The van der Waals surface area contributed by atoms with E-state index in [2.05, 4.69) is 11.7 Å². The number of ether oxygens (including phenoxy) is 4. The number of carbonyl (C=O) groups is 3. The Morgan fingerprint density at radius 2 is 1.17 bits per heavy atom. The van der Waals surface area contributed by atoms with Crippen LogP contribution in [0.1, 0.15) is 92.4 Å². The fourth-order valence-electron chi connectivity index (χ4n) is 4.53. The maximum Gasteiger partial charge on any atom is 0.490 e. The lowest BCUT2D eigenvalue weighted by Gasteiger charge is -2.13. The Morgan fingerprint density at radius 3 is 1.78 bits per heavy atom. The van der Waals surface area contributed by atoms with Crippen LogP contribution in [0.25, 0.3) is 11.1 Å². The average molecular weight is 643 g/mol. The van der Waals surface area contributed by atoms with E-state index in [1.165, 1.54) is 6.42 Å². The maximum absolute atomic E-state index is 12.7. The van der Waals surface area contributed by atoms with Gasteiger partial charge in [0.1, 0.15) is 11.5 Å². The number of rotatable bonds is 18. The summed E-state index contributed by atoms with van der Waals surface area (Å²) in [6.45, 7) is 4.24. The molecule has 3 aromatic carbocycles. The molecule has 0 aliphatic carbocycles. The van der Waals surface area contributed by atoms with Crippen molar-refractivity contribution in [1.29, 1.82) is 0 Å². The van der Waals surface area contributed by atoms with Gasteiger partial charge in [0.25, 0.3) is 0 Å².